The summed E-state index contributed by atoms with van der Waals surface area (Å²) in [6.45, 7) is 10.8. The summed E-state index contributed by atoms with van der Waals surface area (Å²) in [6.07, 6.45) is 4.68. The Morgan fingerprint density at radius 3 is 1.45 bits per heavy atom. The van der Waals surface area contributed by atoms with Crippen LogP contribution in [0.25, 0.3) is 0 Å². The molecule has 0 saturated carbocycles. The minimum atomic E-state index is 0. The molecule has 0 aromatic heterocycles. The highest BCUT2D eigenvalue weighted by atomic mass is 35.5. The number of aryl methyl sites for hydroxylation is 2. The van der Waals surface area contributed by atoms with Crippen molar-refractivity contribution < 1.29 is 9.59 Å². The van der Waals surface area contributed by atoms with Crippen molar-refractivity contribution in [1.82, 2.24) is 9.80 Å². The Hall–Kier alpha value is -1.34. The highest BCUT2D eigenvalue weighted by molar-refractivity contribution is 5.98. The van der Waals surface area contributed by atoms with E-state index in [0.29, 0.717) is 13.1 Å². The fourth-order valence-electron chi connectivity index (χ4n) is 4.22. The van der Waals surface area contributed by atoms with Crippen molar-refractivity contribution in [3.05, 3.63) is 22.8 Å². The van der Waals surface area contributed by atoms with Gasteiger partial charge in [0.25, 0.3) is 0 Å². The number of hydrogen-bond donors (Lipinski definition) is 2. The van der Waals surface area contributed by atoms with Crippen molar-refractivity contribution in [3.8, 4) is 0 Å². The number of amides is 2. The van der Waals surface area contributed by atoms with Crippen LogP contribution in [0.15, 0.2) is 6.07 Å². The summed E-state index contributed by atoms with van der Waals surface area (Å²) >= 11 is 0. The Bertz CT molecular complexity index is 659. The number of nitrogens with one attached hydrogen (secondary N) is 2. The van der Waals surface area contributed by atoms with Crippen molar-refractivity contribution in [2.75, 3.05) is 49.9 Å². The average Bonchev–Trinajstić information content (AvgIpc) is 3.29. The van der Waals surface area contributed by atoms with Gasteiger partial charge in [0.15, 0.2) is 0 Å². The van der Waals surface area contributed by atoms with Gasteiger partial charge < -0.3 is 10.6 Å². The lowest BCUT2D eigenvalue weighted by atomic mass is 10.0. The van der Waals surface area contributed by atoms with Gasteiger partial charge in [-0.25, -0.2) is 0 Å². The molecule has 2 saturated heterocycles. The lowest BCUT2D eigenvalue weighted by Gasteiger charge is -2.21. The normalized spacial score (nSPS) is 16.8. The lowest BCUT2D eigenvalue weighted by Crippen LogP contribution is -2.32. The Kier molecular flexibility index (Phi) is 10.4. The van der Waals surface area contributed by atoms with Crippen LogP contribution in [0.1, 0.15) is 42.4 Å². The second kappa shape index (κ2) is 11.7. The van der Waals surface area contributed by atoms with Gasteiger partial charge in [-0.1, -0.05) is 6.07 Å². The molecule has 0 aliphatic carbocycles. The topological polar surface area (TPSA) is 64.7 Å². The predicted octanol–water partition coefficient (Wildman–Crippen LogP) is 3.52. The summed E-state index contributed by atoms with van der Waals surface area (Å²) in [7, 11) is 0. The number of carbonyl (C=O) groups is 2. The number of halogens is 2. The lowest BCUT2D eigenvalue weighted by molar-refractivity contribution is -0.117. The first-order valence-electron chi connectivity index (χ1n) is 10.1. The Balaban J connectivity index is 0.00000210. The molecule has 0 spiro atoms. The van der Waals surface area contributed by atoms with Gasteiger partial charge in [0, 0.05) is 11.4 Å². The van der Waals surface area contributed by atoms with Gasteiger partial charge in [-0.3, -0.25) is 19.4 Å². The molecular formula is C21H34Cl2N4O2. The first-order chi connectivity index (χ1) is 12.9. The molecule has 2 aliphatic rings. The second-order valence-corrected chi connectivity index (χ2v) is 7.95. The van der Waals surface area contributed by atoms with E-state index in [2.05, 4.69) is 20.4 Å². The molecule has 6 nitrogen and oxygen atoms in total. The van der Waals surface area contributed by atoms with E-state index in [4.69, 9.17) is 0 Å². The van der Waals surface area contributed by atoms with E-state index in [1.807, 2.05) is 26.8 Å². The number of carbonyl (C=O) groups excluding carboxylic acids is 2. The van der Waals surface area contributed by atoms with Crippen molar-refractivity contribution >= 4 is 48.0 Å². The summed E-state index contributed by atoms with van der Waals surface area (Å²) < 4.78 is 0. The van der Waals surface area contributed by atoms with E-state index in [9.17, 15) is 9.59 Å². The molecule has 2 fully saturated rings. The standard InChI is InChI=1S/C21H32N4O2.2ClH/c1-15-12-16(2)21(23-19(27)14-25-10-6-7-11-25)17(3)20(15)22-18(26)13-24-8-4-5-9-24;;/h12H,4-11,13-14H2,1-3H3,(H,22,26)(H,23,27);2*1H. The van der Waals surface area contributed by atoms with Crippen LogP contribution in [0.2, 0.25) is 0 Å². The summed E-state index contributed by atoms with van der Waals surface area (Å²) in [5.74, 6) is 0.0302. The van der Waals surface area contributed by atoms with Crippen LogP contribution in [-0.4, -0.2) is 60.9 Å². The Morgan fingerprint density at radius 1 is 0.759 bits per heavy atom. The molecule has 3 rings (SSSR count). The van der Waals surface area contributed by atoms with Crippen LogP contribution in [0, 0.1) is 20.8 Å². The number of rotatable bonds is 6. The molecule has 2 aliphatic heterocycles. The van der Waals surface area contributed by atoms with Crippen molar-refractivity contribution in [1.29, 1.82) is 0 Å². The predicted molar refractivity (Wildman–Crippen MR) is 124 cm³/mol. The van der Waals surface area contributed by atoms with E-state index in [1.165, 1.54) is 25.7 Å². The van der Waals surface area contributed by atoms with Gasteiger partial charge in [-0.05, 0) is 89.3 Å². The van der Waals surface area contributed by atoms with Crippen LogP contribution in [0.3, 0.4) is 0 Å². The molecule has 29 heavy (non-hydrogen) atoms. The summed E-state index contributed by atoms with van der Waals surface area (Å²) in [5, 5.41) is 6.15. The quantitative estimate of drug-likeness (QED) is 0.704. The third-order valence-corrected chi connectivity index (χ3v) is 5.63. The van der Waals surface area contributed by atoms with E-state index >= 15 is 0 Å². The molecule has 0 atom stereocenters. The molecule has 2 heterocycles. The molecular weight excluding hydrogens is 411 g/mol. The minimum Gasteiger partial charge on any atom is -0.324 e. The number of hydrogen-bond acceptors (Lipinski definition) is 4. The average molecular weight is 445 g/mol. The zero-order valence-corrected chi connectivity index (χ0v) is 19.3. The highest BCUT2D eigenvalue weighted by Gasteiger charge is 2.20. The Labute approximate surface area is 186 Å². The van der Waals surface area contributed by atoms with Crippen LogP contribution in [0.4, 0.5) is 11.4 Å². The number of benzene rings is 1. The minimum absolute atomic E-state index is 0. The fraction of sp³-hybridized carbons (Fsp3) is 0.619. The van der Waals surface area contributed by atoms with Crippen molar-refractivity contribution in [2.24, 2.45) is 0 Å². The monoisotopic (exact) mass is 444 g/mol. The van der Waals surface area contributed by atoms with Gasteiger partial charge in [0.1, 0.15) is 0 Å². The van der Waals surface area contributed by atoms with Gasteiger partial charge >= 0.3 is 0 Å². The molecule has 0 radical (unpaired) electrons. The summed E-state index contributed by atoms with van der Waals surface area (Å²) in [4.78, 5) is 29.3. The molecule has 2 amide bonds. The maximum absolute atomic E-state index is 12.5. The SMILES string of the molecule is Cc1cc(C)c(NC(=O)CN2CCCC2)c(C)c1NC(=O)CN1CCCC1.Cl.Cl. The van der Waals surface area contributed by atoms with E-state index in [-0.39, 0.29) is 36.6 Å². The second-order valence-electron chi connectivity index (χ2n) is 7.95. The largest absolute Gasteiger partial charge is 0.324 e. The fourth-order valence-corrected chi connectivity index (χ4v) is 4.22. The van der Waals surface area contributed by atoms with Gasteiger partial charge in [-0.15, -0.1) is 24.8 Å². The molecule has 1 aromatic rings. The Morgan fingerprint density at radius 2 is 1.10 bits per heavy atom. The number of nitrogens with zero attached hydrogens (tertiary/aromatic N) is 2. The molecule has 0 bridgehead atoms. The molecule has 8 heteroatoms. The maximum atomic E-state index is 12.5. The van der Waals surface area contributed by atoms with E-state index < -0.39 is 0 Å². The van der Waals surface area contributed by atoms with Gasteiger partial charge in [-0.2, -0.15) is 0 Å². The summed E-state index contributed by atoms with van der Waals surface area (Å²) in [5.41, 5.74) is 4.62. The maximum Gasteiger partial charge on any atom is 0.238 e. The summed E-state index contributed by atoms with van der Waals surface area (Å²) in [6, 6.07) is 2.03. The van der Waals surface area contributed by atoms with Crippen LogP contribution in [0.5, 0.6) is 0 Å². The van der Waals surface area contributed by atoms with E-state index in [1.54, 1.807) is 0 Å². The first-order valence-corrected chi connectivity index (χ1v) is 10.1. The third kappa shape index (κ3) is 6.85. The van der Waals surface area contributed by atoms with Crippen molar-refractivity contribution in [2.45, 2.75) is 46.5 Å². The van der Waals surface area contributed by atoms with Gasteiger partial charge in [0.05, 0.1) is 13.1 Å². The van der Waals surface area contributed by atoms with Crippen LogP contribution < -0.4 is 10.6 Å². The molecule has 164 valence electrons. The molecule has 1 aromatic carbocycles. The first kappa shape index (κ1) is 25.7. The third-order valence-electron chi connectivity index (χ3n) is 5.63. The molecule has 0 unspecified atom stereocenters. The number of anilines is 2. The van der Waals surface area contributed by atoms with Crippen LogP contribution in [-0.2, 0) is 9.59 Å². The van der Waals surface area contributed by atoms with E-state index in [0.717, 1.165) is 54.2 Å². The van der Waals surface area contributed by atoms with Crippen LogP contribution >= 0.6 is 24.8 Å². The zero-order chi connectivity index (χ0) is 19.4. The smallest absolute Gasteiger partial charge is 0.238 e. The zero-order valence-electron chi connectivity index (χ0n) is 17.7. The number of likely N-dealkylation sites (tertiary alicyclic amines) is 2. The van der Waals surface area contributed by atoms with Gasteiger partial charge in [0.2, 0.25) is 11.8 Å². The molecule has 2 N–H and O–H groups in total. The highest BCUT2D eigenvalue weighted by Crippen LogP contribution is 2.31. The van der Waals surface area contributed by atoms with Crippen molar-refractivity contribution in [3.63, 3.8) is 0 Å².